The van der Waals surface area contributed by atoms with Crippen molar-refractivity contribution in [3.8, 4) is 0 Å². The summed E-state index contributed by atoms with van der Waals surface area (Å²) in [6, 6.07) is 4.46. The third-order valence-electron chi connectivity index (χ3n) is 2.56. The lowest BCUT2D eigenvalue weighted by Crippen LogP contribution is -2.08. The van der Waals surface area contributed by atoms with Gasteiger partial charge in [0.25, 0.3) is 5.69 Å². The van der Waals surface area contributed by atoms with Gasteiger partial charge in [-0.1, -0.05) is 17.7 Å². The number of anilines is 1. The fourth-order valence-corrected chi connectivity index (χ4v) is 2.66. The predicted octanol–water partition coefficient (Wildman–Crippen LogP) is 4.19. The minimum absolute atomic E-state index is 0.0346. The molecule has 5 nitrogen and oxygen atoms in total. The van der Waals surface area contributed by atoms with Gasteiger partial charge in [-0.05, 0) is 19.9 Å². The van der Waals surface area contributed by atoms with Crippen LogP contribution in [0.4, 0.5) is 11.4 Å². The molecule has 1 unspecified atom stereocenters. The van der Waals surface area contributed by atoms with Crippen molar-refractivity contribution in [1.82, 2.24) is 4.98 Å². The van der Waals surface area contributed by atoms with E-state index in [1.165, 1.54) is 6.07 Å². The SMILES string of the molecule is Cc1cnc(C(C)Nc2c(Cl)cccc2[N+](=O)[O-])s1. The molecule has 0 aliphatic rings. The average Bonchev–Trinajstić information content (AvgIpc) is 2.78. The highest BCUT2D eigenvalue weighted by Crippen LogP contribution is 2.35. The van der Waals surface area contributed by atoms with Crippen LogP contribution in [0.3, 0.4) is 0 Å². The Morgan fingerprint density at radius 2 is 2.26 bits per heavy atom. The van der Waals surface area contributed by atoms with E-state index >= 15 is 0 Å². The molecule has 1 heterocycles. The summed E-state index contributed by atoms with van der Waals surface area (Å²) >= 11 is 7.57. The molecule has 0 radical (unpaired) electrons. The van der Waals surface area contributed by atoms with E-state index in [4.69, 9.17) is 11.6 Å². The number of hydrogen-bond donors (Lipinski definition) is 1. The molecular weight excluding hydrogens is 286 g/mol. The van der Waals surface area contributed by atoms with Crippen molar-refractivity contribution in [1.29, 1.82) is 0 Å². The molecule has 2 rings (SSSR count). The van der Waals surface area contributed by atoms with Crippen molar-refractivity contribution in [3.63, 3.8) is 0 Å². The van der Waals surface area contributed by atoms with Gasteiger partial charge in [-0.2, -0.15) is 0 Å². The Morgan fingerprint density at radius 1 is 1.53 bits per heavy atom. The fourth-order valence-electron chi connectivity index (χ4n) is 1.66. The van der Waals surface area contributed by atoms with E-state index in [1.807, 2.05) is 13.8 Å². The van der Waals surface area contributed by atoms with Crippen LogP contribution in [0, 0.1) is 17.0 Å². The lowest BCUT2D eigenvalue weighted by molar-refractivity contribution is -0.384. The number of aromatic nitrogens is 1. The third kappa shape index (κ3) is 3.02. The van der Waals surface area contributed by atoms with Gasteiger partial charge in [-0.3, -0.25) is 10.1 Å². The van der Waals surface area contributed by atoms with Gasteiger partial charge in [0.05, 0.1) is 16.0 Å². The normalized spacial score (nSPS) is 12.2. The van der Waals surface area contributed by atoms with E-state index in [0.717, 1.165) is 9.88 Å². The van der Waals surface area contributed by atoms with E-state index in [0.29, 0.717) is 10.7 Å². The Balaban J connectivity index is 2.30. The molecule has 7 heteroatoms. The number of halogens is 1. The van der Waals surface area contributed by atoms with Gasteiger partial charge < -0.3 is 5.32 Å². The van der Waals surface area contributed by atoms with Crippen molar-refractivity contribution < 1.29 is 4.92 Å². The number of para-hydroxylation sites is 1. The van der Waals surface area contributed by atoms with Crippen molar-refractivity contribution >= 4 is 34.3 Å². The van der Waals surface area contributed by atoms with E-state index in [9.17, 15) is 10.1 Å². The van der Waals surface area contributed by atoms with Crippen molar-refractivity contribution in [2.24, 2.45) is 0 Å². The molecule has 0 amide bonds. The highest BCUT2D eigenvalue weighted by molar-refractivity contribution is 7.11. The monoisotopic (exact) mass is 297 g/mol. The van der Waals surface area contributed by atoms with Gasteiger partial charge in [0, 0.05) is 17.1 Å². The van der Waals surface area contributed by atoms with Crippen LogP contribution < -0.4 is 5.32 Å². The van der Waals surface area contributed by atoms with Gasteiger partial charge >= 0.3 is 0 Å². The summed E-state index contributed by atoms with van der Waals surface area (Å²) in [6.07, 6.45) is 1.78. The molecule has 0 saturated carbocycles. The minimum atomic E-state index is -0.450. The van der Waals surface area contributed by atoms with E-state index in [-0.39, 0.29) is 11.7 Å². The molecule has 2 aromatic rings. The van der Waals surface area contributed by atoms with E-state index in [2.05, 4.69) is 10.3 Å². The molecule has 0 aliphatic heterocycles. The number of nitrogens with one attached hydrogen (secondary N) is 1. The number of thiazole rings is 1. The van der Waals surface area contributed by atoms with Crippen LogP contribution in [0.1, 0.15) is 22.9 Å². The Labute approximate surface area is 119 Å². The van der Waals surface area contributed by atoms with Gasteiger partial charge in [-0.15, -0.1) is 11.3 Å². The topological polar surface area (TPSA) is 68.1 Å². The van der Waals surface area contributed by atoms with Crippen molar-refractivity contribution in [2.75, 3.05) is 5.32 Å². The number of aryl methyl sites for hydroxylation is 1. The number of hydrogen-bond acceptors (Lipinski definition) is 5. The maximum absolute atomic E-state index is 11.0. The molecule has 1 aromatic carbocycles. The smallest absolute Gasteiger partial charge is 0.293 e. The molecule has 0 spiro atoms. The Hall–Kier alpha value is -1.66. The second kappa shape index (κ2) is 5.54. The Kier molecular flexibility index (Phi) is 4.01. The predicted molar refractivity (Wildman–Crippen MR) is 77.0 cm³/mol. The Morgan fingerprint density at radius 3 is 2.84 bits per heavy atom. The standard InChI is InChI=1S/C12H12ClN3O2S/c1-7-6-14-12(19-7)8(2)15-11-9(13)4-3-5-10(11)16(17)18/h3-6,8,15H,1-2H3. The molecule has 0 fully saturated rings. The molecular formula is C12H12ClN3O2S. The van der Waals surface area contributed by atoms with Crippen LogP contribution in [0.2, 0.25) is 5.02 Å². The summed E-state index contributed by atoms with van der Waals surface area (Å²) in [5, 5.41) is 15.2. The summed E-state index contributed by atoms with van der Waals surface area (Å²) in [5.74, 6) is 0. The largest absolute Gasteiger partial charge is 0.369 e. The fraction of sp³-hybridized carbons (Fsp3) is 0.250. The summed E-state index contributed by atoms with van der Waals surface area (Å²) < 4.78 is 0. The summed E-state index contributed by atoms with van der Waals surface area (Å²) in [7, 11) is 0. The van der Waals surface area contributed by atoms with E-state index in [1.54, 1.807) is 29.7 Å². The summed E-state index contributed by atoms with van der Waals surface area (Å²) in [5.41, 5.74) is 0.294. The van der Waals surface area contributed by atoms with Crippen LogP contribution in [0.25, 0.3) is 0 Å². The number of nitro groups is 1. The average molecular weight is 298 g/mol. The first-order valence-corrected chi connectivity index (χ1v) is 6.80. The zero-order valence-corrected chi connectivity index (χ0v) is 12.0. The van der Waals surface area contributed by atoms with Gasteiger partial charge in [0.1, 0.15) is 10.7 Å². The lowest BCUT2D eigenvalue weighted by Gasteiger charge is -2.14. The molecule has 1 N–H and O–H groups in total. The lowest BCUT2D eigenvalue weighted by atomic mass is 10.2. The van der Waals surface area contributed by atoms with Gasteiger partial charge in [0.15, 0.2) is 0 Å². The van der Waals surface area contributed by atoms with Crippen molar-refractivity contribution in [2.45, 2.75) is 19.9 Å². The van der Waals surface area contributed by atoms with Crippen LogP contribution >= 0.6 is 22.9 Å². The highest BCUT2D eigenvalue weighted by atomic mass is 35.5. The third-order valence-corrected chi connectivity index (χ3v) is 3.97. The number of rotatable bonds is 4. The van der Waals surface area contributed by atoms with Crippen molar-refractivity contribution in [3.05, 3.63) is 49.4 Å². The number of nitrogens with zero attached hydrogens (tertiary/aromatic N) is 2. The minimum Gasteiger partial charge on any atom is -0.369 e. The van der Waals surface area contributed by atoms with Gasteiger partial charge in [-0.25, -0.2) is 4.98 Å². The first kappa shape index (κ1) is 13.8. The molecule has 1 atom stereocenters. The first-order chi connectivity index (χ1) is 8.99. The first-order valence-electron chi connectivity index (χ1n) is 5.61. The maximum Gasteiger partial charge on any atom is 0.293 e. The summed E-state index contributed by atoms with van der Waals surface area (Å²) in [4.78, 5) is 15.9. The molecule has 0 saturated heterocycles. The number of nitro benzene ring substituents is 1. The van der Waals surface area contributed by atoms with Crippen LogP contribution in [-0.4, -0.2) is 9.91 Å². The quantitative estimate of drug-likeness (QED) is 0.679. The second-order valence-corrected chi connectivity index (χ2v) is 5.74. The molecule has 0 aliphatic carbocycles. The zero-order chi connectivity index (χ0) is 14.0. The molecule has 100 valence electrons. The van der Waals surface area contributed by atoms with Gasteiger partial charge in [0.2, 0.25) is 0 Å². The molecule has 19 heavy (non-hydrogen) atoms. The van der Waals surface area contributed by atoms with Crippen LogP contribution in [0.5, 0.6) is 0 Å². The molecule has 1 aromatic heterocycles. The second-order valence-electron chi connectivity index (χ2n) is 4.07. The Bertz CT molecular complexity index is 615. The summed E-state index contributed by atoms with van der Waals surface area (Å²) in [6.45, 7) is 3.86. The zero-order valence-electron chi connectivity index (χ0n) is 10.4. The van der Waals surface area contributed by atoms with E-state index < -0.39 is 4.92 Å². The number of benzene rings is 1. The highest BCUT2D eigenvalue weighted by Gasteiger charge is 2.19. The van der Waals surface area contributed by atoms with Crippen LogP contribution in [0.15, 0.2) is 24.4 Å². The maximum atomic E-state index is 11.0. The van der Waals surface area contributed by atoms with Crippen LogP contribution in [-0.2, 0) is 0 Å². The molecule has 0 bridgehead atoms.